The van der Waals surface area contributed by atoms with Gasteiger partial charge in [0.05, 0.1) is 25.1 Å². The molecule has 0 saturated carbocycles. The van der Waals surface area contributed by atoms with Crippen molar-refractivity contribution in [3.8, 4) is 11.5 Å². The highest BCUT2D eigenvalue weighted by Crippen LogP contribution is 2.54. The normalized spacial score (nSPS) is 36.0. The van der Waals surface area contributed by atoms with Crippen LogP contribution in [0.4, 0.5) is 0 Å². The second kappa shape index (κ2) is 4.90. The molecule has 114 valence electrons. The Bertz CT molecular complexity index is 603. The van der Waals surface area contributed by atoms with E-state index in [0.717, 1.165) is 25.1 Å². The van der Waals surface area contributed by atoms with E-state index in [1.54, 1.807) is 6.07 Å². The van der Waals surface area contributed by atoms with Crippen LogP contribution in [0.25, 0.3) is 0 Å². The molecule has 1 unspecified atom stereocenters. The predicted octanol–water partition coefficient (Wildman–Crippen LogP) is -2.87. The molecule has 4 rings (SSSR count). The van der Waals surface area contributed by atoms with Crippen LogP contribution in [0.1, 0.15) is 24.0 Å². The van der Waals surface area contributed by atoms with Gasteiger partial charge in [0.25, 0.3) is 0 Å². The van der Waals surface area contributed by atoms with Crippen LogP contribution in [0.3, 0.4) is 0 Å². The highest BCUT2D eigenvalue weighted by molar-refractivity contribution is 5.60. The van der Waals surface area contributed by atoms with Gasteiger partial charge in [-0.1, -0.05) is 12.2 Å². The van der Waals surface area contributed by atoms with Crippen LogP contribution in [-0.2, 0) is 12.0 Å². The summed E-state index contributed by atoms with van der Waals surface area (Å²) in [6.07, 6.45) is 5.11. The standard InChI is InChI=1S/C16H19NO3.ClH/c1-17-7-6-16-5-4-11(18)8-13(16)20-15-12(19)3-2-10(9-17)14(15)16;/h2-5,11,13,18-19H,6-9H2,1H3;1H/t11-,13+,16+;/m1./s1. The van der Waals surface area contributed by atoms with Gasteiger partial charge in [0.15, 0.2) is 11.5 Å². The average Bonchev–Trinajstić information content (AvgIpc) is 2.68. The number of ether oxygens (including phenoxy) is 1. The van der Waals surface area contributed by atoms with Crippen molar-refractivity contribution in [1.82, 2.24) is 0 Å². The molecule has 4 atom stereocenters. The molecule has 4 nitrogen and oxygen atoms in total. The molecule has 2 heterocycles. The lowest BCUT2D eigenvalue weighted by Gasteiger charge is -2.35. The zero-order valence-electron chi connectivity index (χ0n) is 12.0. The summed E-state index contributed by atoms with van der Waals surface area (Å²) >= 11 is 0. The molecule has 1 spiro atoms. The van der Waals surface area contributed by atoms with E-state index in [9.17, 15) is 10.2 Å². The van der Waals surface area contributed by atoms with Crippen LogP contribution in [0.5, 0.6) is 11.5 Å². The molecule has 0 radical (unpaired) electrons. The van der Waals surface area contributed by atoms with Crippen LogP contribution in [0.2, 0.25) is 0 Å². The Morgan fingerprint density at radius 3 is 3.00 bits per heavy atom. The van der Waals surface area contributed by atoms with Crippen LogP contribution in [0, 0.1) is 0 Å². The fraction of sp³-hybridized carbons (Fsp3) is 0.500. The minimum Gasteiger partial charge on any atom is -1.00 e. The molecule has 0 amide bonds. The van der Waals surface area contributed by atoms with Gasteiger partial charge in [0, 0.05) is 24.0 Å². The van der Waals surface area contributed by atoms with Crippen LogP contribution < -0.4 is 22.0 Å². The second-order valence-corrected chi connectivity index (χ2v) is 6.39. The van der Waals surface area contributed by atoms with E-state index in [4.69, 9.17) is 4.74 Å². The Balaban J connectivity index is 0.00000132. The average molecular weight is 310 g/mol. The van der Waals surface area contributed by atoms with E-state index in [1.807, 2.05) is 12.1 Å². The van der Waals surface area contributed by atoms with Crippen LogP contribution in [-0.4, -0.2) is 36.0 Å². The molecule has 1 aromatic rings. The van der Waals surface area contributed by atoms with Crippen molar-refractivity contribution in [2.24, 2.45) is 0 Å². The minimum absolute atomic E-state index is 0. The number of rotatable bonds is 0. The van der Waals surface area contributed by atoms with Gasteiger partial charge in [-0.15, -0.1) is 0 Å². The quantitative estimate of drug-likeness (QED) is 0.452. The van der Waals surface area contributed by atoms with Gasteiger partial charge < -0.3 is 32.3 Å². The number of quaternary nitrogens is 1. The van der Waals surface area contributed by atoms with Crippen molar-refractivity contribution in [2.45, 2.75) is 37.0 Å². The number of halogens is 1. The van der Waals surface area contributed by atoms with Crippen molar-refractivity contribution in [2.75, 3.05) is 13.6 Å². The molecular formula is C16H20ClNO3. The summed E-state index contributed by atoms with van der Waals surface area (Å²) in [5, 5.41) is 20.0. The summed E-state index contributed by atoms with van der Waals surface area (Å²) in [6, 6.07) is 3.76. The third-order valence-corrected chi connectivity index (χ3v) is 5.05. The maximum atomic E-state index is 10.1. The van der Waals surface area contributed by atoms with Gasteiger partial charge in [-0.05, 0) is 12.1 Å². The molecule has 5 heteroatoms. The third-order valence-electron chi connectivity index (χ3n) is 5.05. The van der Waals surface area contributed by atoms with Gasteiger partial charge in [-0.2, -0.15) is 0 Å². The second-order valence-electron chi connectivity index (χ2n) is 6.39. The molecule has 0 aromatic heterocycles. The van der Waals surface area contributed by atoms with E-state index >= 15 is 0 Å². The van der Waals surface area contributed by atoms with Gasteiger partial charge in [-0.3, -0.25) is 0 Å². The van der Waals surface area contributed by atoms with Crippen molar-refractivity contribution in [1.29, 1.82) is 0 Å². The van der Waals surface area contributed by atoms with Crippen molar-refractivity contribution >= 4 is 0 Å². The zero-order chi connectivity index (χ0) is 13.9. The predicted molar refractivity (Wildman–Crippen MR) is 74.0 cm³/mol. The first-order valence-corrected chi connectivity index (χ1v) is 7.31. The smallest absolute Gasteiger partial charge is 0.166 e. The number of aliphatic hydroxyl groups excluding tert-OH is 1. The first-order chi connectivity index (χ1) is 9.60. The molecule has 2 aliphatic heterocycles. The van der Waals surface area contributed by atoms with Crippen LogP contribution >= 0.6 is 0 Å². The summed E-state index contributed by atoms with van der Waals surface area (Å²) in [4.78, 5) is 1.47. The van der Waals surface area contributed by atoms with Crippen molar-refractivity contribution in [3.05, 3.63) is 35.4 Å². The first-order valence-electron chi connectivity index (χ1n) is 7.31. The van der Waals surface area contributed by atoms with Gasteiger partial charge >= 0.3 is 0 Å². The van der Waals surface area contributed by atoms with Crippen molar-refractivity contribution in [3.63, 3.8) is 0 Å². The number of aromatic hydroxyl groups is 1. The number of phenolic OH excluding ortho intramolecular Hbond substituents is 1. The van der Waals surface area contributed by atoms with Gasteiger partial charge in [-0.25, -0.2) is 0 Å². The lowest BCUT2D eigenvalue weighted by molar-refractivity contribution is -0.893. The Kier molecular flexibility index (Phi) is 3.43. The van der Waals surface area contributed by atoms with Crippen LogP contribution in [0.15, 0.2) is 24.3 Å². The first kappa shape index (κ1) is 14.7. The molecule has 21 heavy (non-hydrogen) atoms. The Morgan fingerprint density at radius 1 is 1.38 bits per heavy atom. The van der Waals surface area contributed by atoms with Crippen molar-refractivity contribution < 1.29 is 32.3 Å². The monoisotopic (exact) mass is 309 g/mol. The number of hydrogen-bond donors (Lipinski definition) is 3. The maximum absolute atomic E-state index is 10.1. The van der Waals surface area contributed by atoms with E-state index < -0.39 is 6.10 Å². The highest BCUT2D eigenvalue weighted by Gasteiger charge is 2.53. The summed E-state index contributed by atoms with van der Waals surface area (Å²) < 4.78 is 6.05. The number of aliphatic hydroxyl groups is 1. The lowest BCUT2D eigenvalue weighted by atomic mass is 9.69. The fourth-order valence-corrected chi connectivity index (χ4v) is 4.03. The SMILES string of the molecule is C[NH+]1CC[C@@]23C=C[C@@H](O)C[C@@H]2Oc2c(O)ccc(c23)C1.[Cl-]. The Labute approximate surface area is 130 Å². The molecule has 1 aromatic carbocycles. The zero-order valence-corrected chi connectivity index (χ0v) is 12.7. The number of phenols is 1. The minimum atomic E-state index is -0.446. The number of nitrogens with one attached hydrogen (secondary N) is 1. The number of hydrogen-bond acceptors (Lipinski definition) is 3. The van der Waals surface area contributed by atoms with Gasteiger partial charge in [0.1, 0.15) is 12.6 Å². The molecule has 0 bridgehead atoms. The lowest BCUT2D eigenvalue weighted by Crippen LogP contribution is -3.07. The van der Waals surface area contributed by atoms with E-state index in [2.05, 4.69) is 13.1 Å². The van der Waals surface area contributed by atoms with E-state index in [-0.39, 0.29) is 29.7 Å². The third kappa shape index (κ3) is 1.97. The molecular weight excluding hydrogens is 290 g/mol. The summed E-state index contributed by atoms with van der Waals surface area (Å²) in [5.74, 6) is 0.862. The summed E-state index contributed by atoms with van der Waals surface area (Å²) in [5.41, 5.74) is 2.25. The summed E-state index contributed by atoms with van der Waals surface area (Å²) in [7, 11) is 2.20. The fourth-order valence-electron chi connectivity index (χ4n) is 4.03. The van der Waals surface area contributed by atoms with E-state index in [0.29, 0.717) is 12.2 Å². The Morgan fingerprint density at radius 2 is 2.19 bits per heavy atom. The van der Waals surface area contributed by atoms with Gasteiger partial charge in [0.2, 0.25) is 0 Å². The molecule has 0 fully saturated rings. The summed E-state index contributed by atoms with van der Waals surface area (Å²) in [6.45, 7) is 2.02. The van der Waals surface area contributed by atoms with E-state index in [1.165, 1.54) is 10.5 Å². The molecule has 1 aliphatic carbocycles. The molecule has 0 saturated heterocycles. The highest BCUT2D eigenvalue weighted by atomic mass is 35.5. The maximum Gasteiger partial charge on any atom is 0.166 e. The molecule has 3 aliphatic rings. The Hall–Kier alpha value is -1.23. The largest absolute Gasteiger partial charge is 1.00 e. The topological polar surface area (TPSA) is 54.1 Å². The molecule has 3 N–H and O–H groups in total. The number of benzene rings is 1.